The summed E-state index contributed by atoms with van der Waals surface area (Å²) in [6.07, 6.45) is 0.457. The van der Waals surface area contributed by atoms with Crippen LogP contribution in [0.5, 0.6) is 0 Å². The number of carbonyl (C=O) groups is 1. The van der Waals surface area contributed by atoms with E-state index < -0.39 is 16.4 Å². The van der Waals surface area contributed by atoms with Crippen molar-refractivity contribution in [3.05, 3.63) is 30.3 Å². The number of benzene rings is 1. The van der Waals surface area contributed by atoms with Crippen LogP contribution in [0.1, 0.15) is 27.2 Å². The van der Waals surface area contributed by atoms with Gasteiger partial charge in [-0.25, -0.2) is 0 Å². The fourth-order valence-corrected chi connectivity index (χ4v) is 7.38. The number of hydrogen-bond acceptors (Lipinski definition) is 2. The average molecular weight is 350 g/mol. The standard InChI is InChI=1S/C18H31NO2Si2/c1-18(2,3)23(6,7)21-17-15(13-16(20)19-17)22(4,5)14-11-9-8-10-12-14/h8-12,15,17H,13H2,1-7H3,(H,19,20)/t15-,17+/m1/s1. The second-order valence-corrected chi connectivity index (χ2v) is 18.3. The highest BCUT2D eigenvalue weighted by Crippen LogP contribution is 2.41. The van der Waals surface area contributed by atoms with E-state index in [2.05, 4.69) is 82.6 Å². The Kier molecular flexibility index (Phi) is 4.95. The zero-order valence-corrected chi connectivity index (χ0v) is 17.6. The van der Waals surface area contributed by atoms with Gasteiger partial charge in [0.05, 0.1) is 8.07 Å². The minimum atomic E-state index is -1.91. The van der Waals surface area contributed by atoms with Crippen molar-refractivity contribution >= 4 is 27.5 Å². The molecule has 0 unspecified atom stereocenters. The summed E-state index contributed by atoms with van der Waals surface area (Å²) in [5, 5.41) is 4.65. The lowest BCUT2D eigenvalue weighted by Gasteiger charge is -2.42. The van der Waals surface area contributed by atoms with Crippen LogP contribution in [0, 0.1) is 0 Å². The van der Waals surface area contributed by atoms with Gasteiger partial charge < -0.3 is 9.74 Å². The molecular weight excluding hydrogens is 318 g/mol. The zero-order valence-electron chi connectivity index (χ0n) is 15.6. The third-order valence-corrected chi connectivity index (χ3v) is 14.4. The van der Waals surface area contributed by atoms with E-state index in [0.717, 1.165) is 0 Å². The summed E-state index contributed by atoms with van der Waals surface area (Å²) in [5.41, 5.74) is 0.284. The van der Waals surface area contributed by atoms with E-state index in [-0.39, 0.29) is 22.7 Å². The Balaban J connectivity index is 2.28. The van der Waals surface area contributed by atoms with Crippen LogP contribution in [-0.4, -0.2) is 28.5 Å². The molecule has 0 aromatic heterocycles. The van der Waals surface area contributed by atoms with Crippen LogP contribution < -0.4 is 10.5 Å². The molecule has 1 saturated heterocycles. The molecular formula is C18H31NO2Si2. The van der Waals surface area contributed by atoms with Crippen molar-refractivity contribution in [3.8, 4) is 0 Å². The summed E-state index contributed by atoms with van der Waals surface area (Å²) in [4.78, 5) is 12.1. The molecule has 0 radical (unpaired) electrons. The molecule has 2 rings (SSSR count). The molecule has 0 aliphatic carbocycles. The number of rotatable bonds is 4. The minimum absolute atomic E-state index is 0.134. The van der Waals surface area contributed by atoms with Gasteiger partial charge >= 0.3 is 0 Å². The van der Waals surface area contributed by atoms with Gasteiger partial charge in [-0.1, -0.05) is 69.4 Å². The molecule has 1 amide bonds. The van der Waals surface area contributed by atoms with Gasteiger partial charge in [0.1, 0.15) is 6.23 Å². The lowest BCUT2D eigenvalue weighted by atomic mass is 10.2. The highest BCUT2D eigenvalue weighted by Gasteiger charge is 2.49. The molecule has 128 valence electrons. The molecule has 3 nitrogen and oxygen atoms in total. The van der Waals surface area contributed by atoms with E-state index in [9.17, 15) is 4.79 Å². The molecule has 2 atom stereocenters. The van der Waals surface area contributed by atoms with Crippen molar-refractivity contribution < 1.29 is 9.22 Å². The van der Waals surface area contributed by atoms with Crippen LogP contribution in [0.2, 0.25) is 36.8 Å². The maximum absolute atomic E-state index is 12.1. The van der Waals surface area contributed by atoms with Crippen LogP contribution in [-0.2, 0) is 9.22 Å². The summed E-state index contributed by atoms with van der Waals surface area (Å²) in [6.45, 7) is 15.9. The fraction of sp³-hybridized carbons (Fsp3) is 0.611. The van der Waals surface area contributed by atoms with Gasteiger partial charge in [-0.15, -0.1) is 0 Å². The van der Waals surface area contributed by atoms with E-state index in [1.165, 1.54) is 5.19 Å². The number of nitrogens with one attached hydrogen (secondary N) is 1. The monoisotopic (exact) mass is 349 g/mol. The van der Waals surface area contributed by atoms with Crippen LogP contribution >= 0.6 is 0 Å². The van der Waals surface area contributed by atoms with Gasteiger partial charge in [0.25, 0.3) is 0 Å². The predicted molar refractivity (Wildman–Crippen MR) is 102 cm³/mol. The summed E-state index contributed by atoms with van der Waals surface area (Å²) >= 11 is 0. The van der Waals surface area contributed by atoms with Crippen LogP contribution in [0.25, 0.3) is 0 Å². The molecule has 1 fully saturated rings. The normalized spacial score (nSPS) is 23.0. The van der Waals surface area contributed by atoms with E-state index in [1.807, 2.05) is 0 Å². The van der Waals surface area contributed by atoms with Crippen LogP contribution in [0.15, 0.2) is 30.3 Å². The van der Waals surface area contributed by atoms with E-state index in [1.54, 1.807) is 0 Å². The quantitative estimate of drug-likeness (QED) is 0.839. The SMILES string of the molecule is CC(C)(C)[Si](C)(C)O[C@@H]1NC(=O)C[C@H]1[Si](C)(C)c1ccccc1. The van der Waals surface area contributed by atoms with Gasteiger partial charge in [0.2, 0.25) is 5.91 Å². The van der Waals surface area contributed by atoms with Gasteiger partial charge in [-0.05, 0) is 18.1 Å². The first-order valence-electron chi connectivity index (χ1n) is 8.48. The Morgan fingerprint density at radius 2 is 1.65 bits per heavy atom. The molecule has 1 aliphatic heterocycles. The number of hydrogen-bond donors (Lipinski definition) is 1. The Morgan fingerprint density at radius 3 is 2.17 bits per heavy atom. The maximum Gasteiger partial charge on any atom is 0.222 e. The van der Waals surface area contributed by atoms with Gasteiger partial charge in [0.15, 0.2) is 8.32 Å². The molecule has 1 aliphatic rings. The lowest BCUT2D eigenvalue weighted by molar-refractivity contribution is -0.120. The smallest absolute Gasteiger partial charge is 0.222 e. The van der Waals surface area contributed by atoms with E-state index in [4.69, 9.17) is 4.43 Å². The number of amides is 1. The van der Waals surface area contributed by atoms with Crippen LogP contribution in [0.4, 0.5) is 0 Å². The second-order valence-electron chi connectivity index (χ2n) is 8.76. The van der Waals surface area contributed by atoms with Crippen molar-refractivity contribution in [1.82, 2.24) is 5.32 Å². The van der Waals surface area contributed by atoms with Crippen molar-refractivity contribution in [3.63, 3.8) is 0 Å². The van der Waals surface area contributed by atoms with Crippen molar-refractivity contribution in [2.24, 2.45) is 0 Å². The molecule has 1 heterocycles. The highest BCUT2D eigenvalue weighted by atomic mass is 28.4. The summed E-state index contributed by atoms with van der Waals surface area (Å²) in [6, 6.07) is 10.7. The van der Waals surface area contributed by atoms with Gasteiger partial charge in [0, 0.05) is 12.0 Å². The average Bonchev–Trinajstić information content (AvgIpc) is 2.79. The summed E-state index contributed by atoms with van der Waals surface area (Å²) in [5.74, 6) is 0.134. The molecule has 0 bridgehead atoms. The van der Waals surface area contributed by atoms with Crippen LogP contribution in [0.3, 0.4) is 0 Å². The lowest BCUT2D eigenvalue weighted by Crippen LogP contribution is -2.54. The fourth-order valence-electron chi connectivity index (χ4n) is 2.95. The first-order valence-corrected chi connectivity index (χ1v) is 14.5. The van der Waals surface area contributed by atoms with E-state index >= 15 is 0 Å². The Hall–Kier alpha value is -0.916. The molecule has 1 aromatic carbocycles. The summed E-state index contributed by atoms with van der Waals surface area (Å²) in [7, 11) is -3.71. The van der Waals surface area contributed by atoms with Crippen molar-refractivity contribution in [2.45, 2.75) is 70.2 Å². The molecule has 0 spiro atoms. The first-order chi connectivity index (χ1) is 10.4. The van der Waals surface area contributed by atoms with Gasteiger partial charge in [-0.3, -0.25) is 4.79 Å². The second kappa shape index (κ2) is 6.18. The molecule has 5 heteroatoms. The molecule has 1 N–H and O–H groups in total. The third kappa shape index (κ3) is 3.78. The molecule has 23 heavy (non-hydrogen) atoms. The zero-order chi connectivity index (χ0) is 17.5. The minimum Gasteiger partial charge on any atom is -0.397 e. The highest BCUT2D eigenvalue weighted by molar-refractivity contribution is 6.91. The largest absolute Gasteiger partial charge is 0.397 e. The van der Waals surface area contributed by atoms with Gasteiger partial charge in [-0.2, -0.15) is 0 Å². The van der Waals surface area contributed by atoms with Crippen molar-refractivity contribution in [2.75, 3.05) is 0 Å². The summed E-state index contributed by atoms with van der Waals surface area (Å²) < 4.78 is 6.60. The molecule has 1 aromatic rings. The van der Waals surface area contributed by atoms with Crippen molar-refractivity contribution in [1.29, 1.82) is 0 Å². The number of carbonyl (C=O) groups excluding carboxylic acids is 1. The topological polar surface area (TPSA) is 38.3 Å². The Bertz CT molecular complexity index is 564. The Morgan fingerprint density at radius 1 is 1.09 bits per heavy atom. The third-order valence-electron chi connectivity index (χ3n) is 5.75. The Labute approximate surface area is 143 Å². The predicted octanol–water partition coefficient (Wildman–Crippen LogP) is 3.84. The maximum atomic E-state index is 12.1. The molecule has 0 saturated carbocycles. The first kappa shape index (κ1) is 18.4. The van der Waals surface area contributed by atoms with E-state index in [0.29, 0.717) is 6.42 Å².